The minimum atomic E-state index is 0.112. The molecule has 1 aromatic carbocycles. The zero-order valence-electron chi connectivity index (χ0n) is 13.5. The number of aromatic amines is 1. The molecule has 1 aromatic heterocycles. The van der Waals surface area contributed by atoms with Crippen molar-refractivity contribution in [2.24, 2.45) is 5.92 Å². The van der Waals surface area contributed by atoms with Gasteiger partial charge < -0.3 is 19.5 Å². The predicted octanol–water partition coefficient (Wildman–Crippen LogP) is 2.29. The molecule has 1 aliphatic rings. The molecule has 1 fully saturated rings. The summed E-state index contributed by atoms with van der Waals surface area (Å²) in [6, 6.07) is 5.83. The summed E-state index contributed by atoms with van der Waals surface area (Å²) in [5, 5.41) is 10.4. The number of nitrogens with one attached hydrogen (secondary N) is 2. The van der Waals surface area contributed by atoms with E-state index < -0.39 is 0 Å². The molecule has 2 heterocycles. The van der Waals surface area contributed by atoms with Gasteiger partial charge in [-0.3, -0.25) is 5.10 Å². The van der Waals surface area contributed by atoms with Gasteiger partial charge in [-0.25, -0.2) is 0 Å². The van der Waals surface area contributed by atoms with Crippen molar-refractivity contribution in [2.45, 2.75) is 19.1 Å². The number of methoxy groups -OCH3 is 2. The van der Waals surface area contributed by atoms with Crippen molar-refractivity contribution in [1.82, 2.24) is 15.5 Å². The van der Waals surface area contributed by atoms with Crippen molar-refractivity contribution in [3.05, 3.63) is 41.7 Å². The van der Waals surface area contributed by atoms with E-state index in [1.807, 2.05) is 30.6 Å². The van der Waals surface area contributed by atoms with Crippen LogP contribution in [0.2, 0.25) is 0 Å². The van der Waals surface area contributed by atoms with E-state index in [1.165, 1.54) is 0 Å². The molecule has 6 nitrogen and oxygen atoms in total. The first-order valence-corrected chi connectivity index (χ1v) is 7.84. The van der Waals surface area contributed by atoms with E-state index in [-0.39, 0.29) is 6.10 Å². The van der Waals surface area contributed by atoms with Gasteiger partial charge in [-0.2, -0.15) is 5.10 Å². The standard InChI is InChI=1S/C17H23N3O3/c1-21-15-4-3-5-16(22-2)14(15)11-18-8-12-6-7-23-17(12)13-9-19-20-10-13/h3-5,9-10,12,17-18H,6-8,11H2,1-2H3,(H,19,20)/t12-,17+/m1/s1. The number of H-pyrrole nitrogens is 1. The average Bonchev–Trinajstić information content (AvgIpc) is 3.25. The summed E-state index contributed by atoms with van der Waals surface area (Å²) in [6.07, 6.45) is 4.91. The molecule has 0 amide bonds. The molecular weight excluding hydrogens is 294 g/mol. The highest BCUT2D eigenvalue weighted by Crippen LogP contribution is 2.34. The summed E-state index contributed by atoms with van der Waals surface area (Å²) in [5.74, 6) is 2.12. The third-order valence-electron chi connectivity index (χ3n) is 4.30. The van der Waals surface area contributed by atoms with Crippen LogP contribution in [0.3, 0.4) is 0 Å². The predicted molar refractivity (Wildman–Crippen MR) is 86.6 cm³/mol. The van der Waals surface area contributed by atoms with Crippen LogP contribution in [0, 0.1) is 5.92 Å². The number of hydrogen-bond acceptors (Lipinski definition) is 5. The van der Waals surface area contributed by atoms with Crippen LogP contribution < -0.4 is 14.8 Å². The molecule has 0 aliphatic carbocycles. The molecule has 2 aromatic rings. The number of hydrogen-bond donors (Lipinski definition) is 2. The summed E-state index contributed by atoms with van der Waals surface area (Å²) in [6.45, 7) is 2.36. The van der Waals surface area contributed by atoms with Crippen molar-refractivity contribution < 1.29 is 14.2 Å². The lowest BCUT2D eigenvalue weighted by Crippen LogP contribution is -2.25. The Bertz CT molecular complexity index is 593. The molecule has 0 spiro atoms. The molecule has 0 bridgehead atoms. The maximum atomic E-state index is 5.85. The van der Waals surface area contributed by atoms with Crippen molar-refractivity contribution in [1.29, 1.82) is 0 Å². The van der Waals surface area contributed by atoms with Crippen LogP contribution in [0.1, 0.15) is 23.7 Å². The molecule has 3 rings (SSSR count). The summed E-state index contributed by atoms with van der Waals surface area (Å²) in [5.41, 5.74) is 2.15. The first-order chi connectivity index (χ1) is 11.3. The molecule has 124 valence electrons. The number of nitrogens with zero attached hydrogens (tertiary/aromatic N) is 1. The molecule has 6 heteroatoms. The Balaban J connectivity index is 1.61. The van der Waals surface area contributed by atoms with E-state index in [0.717, 1.165) is 42.2 Å². The van der Waals surface area contributed by atoms with Crippen LogP contribution in [0.4, 0.5) is 0 Å². The van der Waals surface area contributed by atoms with Gasteiger partial charge in [0.2, 0.25) is 0 Å². The molecule has 0 unspecified atom stereocenters. The Morgan fingerprint density at radius 1 is 1.30 bits per heavy atom. The van der Waals surface area contributed by atoms with Crippen LogP contribution in [-0.2, 0) is 11.3 Å². The minimum Gasteiger partial charge on any atom is -0.496 e. The molecule has 23 heavy (non-hydrogen) atoms. The quantitative estimate of drug-likeness (QED) is 0.820. The third-order valence-corrected chi connectivity index (χ3v) is 4.30. The average molecular weight is 317 g/mol. The van der Waals surface area contributed by atoms with E-state index in [1.54, 1.807) is 14.2 Å². The van der Waals surface area contributed by atoms with Gasteiger partial charge >= 0.3 is 0 Å². The molecule has 1 aliphatic heterocycles. The van der Waals surface area contributed by atoms with Gasteiger partial charge in [-0.05, 0) is 18.6 Å². The highest BCUT2D eigenvalue weighted by molar-refractivity contribution is 5.44. The fourth-order valence-electron chi connectivity index (χ4n) is 3.11. The summed E-state index contributed by atoms with van der Waals surface area (Å²) in [4.78, 5) is 0. The molecular formula is C17H23N3O3. The topological polar surface area (TPSA) is 68.4 Å². The lowest BCUT2D eigenvalue weighted by molar-refractivity contribution is 0.0904. The largest absolute Gasteiger partial charge is 0.496 e. The van der Waals surface area contributed by atoms with E-state index in [2.05, 4.69) is 15.5 Å². The van der Waals surface area contributed by atoms with Crippen LogP contribution >= 0.6 is 0 Å². The molecule has 0 saturated carbocycles. The zero-order chi connectivity index (χ0) is 16.1. The number of rotatable bonds is 7. The Labute approximate surface area is 136 Å². The number of ether oxygens (including phenoxy) is 3. The lowest BCUT2D eigenvalue weighted by Gasteiger charge is -2.19. The fraction of sp³-hybridized carbons (Fsp3) is 0.471. The van der Waals surface area contributed by atoms with Gasteiger partial charge in [-0.15, -0.1) is 0 Å². The highest BCUT2D eigenvalue weighted by atomic mass is 16.5. The minimum absolute atomic E-state index is 0.112. The Morgan fingerprint density at radius 3 is 2.74 bits per heavy atom. The van der Waals surface area contributed by atoms with E-state index in [0.29, 0.717) is 12.5 Å². The van der Waals surface area contributed by atoms with Gasteiger partial charge in [-0.1, -0.05) is 6.07 Å². The van der Waals surface area contributed by atoms with Crippen LogP contribution in [0.5, 0.6) is 11.5 Å². The van der Waals surface area contributed by atoms with Gasteiger partial charge in [0.25, 0.3) is 0 Å². The normalized spacial score (nSPS) is 20.6. The Morgan fingerprint density at radius 2 is 2.09 bits per heavy atom. The monoisotopic (exact) mass is 317 g/mol. The molecule has 0 radical (unpaired) electrons. The van der Waals surface area contributed by atoms with Crippen molar-refractivity contribution in [3.63, 3.8) is 0 Å². The highest BCUT2D eigenvalue weighted by Gasteiger charge is 2.30. The van der Waals surface area contributed by atoms with E-state index in [9.17, 15) is 0 Å². The van der Waals surface area contributed by atoms with Crippen molar-refractivity contribution in [3.8, 4) is 11.5 Å². The van der Waals surface area contributed by atoms with Crippen LogP contribution in [0.15, 0.2) is 30.6 Å². The second-order valence-corrected chi connectivity index (χ2v) is 5.64. The maximum absolute atomic E-state index is 5.85. The first kappa shape index (κ1) is 15.8. The van der Waals surface area contributed by atoms with E-state index >= 15 is 0 Å². The number of benzene rings is 1. The van der Waals surface area contributed by atoms with Crippen LogP contribution in [0.25, 0.3) is 0 Å². The third kappa shape index (κ3) is 3.48. The maximum Gasteiger partial charge on any atom is 0.127 e. The fourth-order valence-corrected chi connectivity index (χ4v) is 3.11. The van der Waals surface area contributed by atoms with Gasteiger partial charge in [0.15, 0.2) is 0 Å². The SMILES string of the molecule is COc1cccc(OC)c1CNC[C@H]1CCO[C@@H]1c1cn[nH]c1. The smallest absolute Gasteiger partial charge is 0.127 e. The molecule has 1 saturated heterocycles. The zero-order valence-corrected chi connectivity index (χ0v) is 13.5. The molecule has 2 atom stereocenters. The van der Waals surface area contributed by atoms with Crippen molar-refractivity contribution in [2.75, 3.05) is 27.4 Å². The van der Waals surface area contributed by atoms with Gasteiger partial charge in [0.1, 0.15) is 11.5 Å². The Kier molecular flexibility index (Phi) is 5.15. The lowest BCUT2D eigenvalue weighted by atomic mass is 9.97. The van der Waals surface area contributed by atoms with Crippen LogP contribution in [-0.4, -0.2) is 37.6 Å². The second-order valence-electron chi connectivity index (χ2n) is 5.64. The second kappa shape index (κ2) is 7.48. The molecule has 2 N–H and O–H groups in total. The number of aromatic nitrogens is 2. The first-order valence-electron chi connectivity index (χ1n) is 7.84. The summed E-state index contributed by atoms with van der Waals surface area (Å²) < 4.78 is 16.7. The van der Waals surface area contributed by atoms with Crippen molar-refractivity contribution >= 4 is 0 Å². The van der Waals surface area contributed by atoms with Gasteiger partial charge in [0.05, 0.1) is 26.5 Å². The summed E-state index contributed by atoms with van der Waals surface area (Å²) in [7, 11) is 3.36. The van der Waals surface area contributed by atoms with Gasteiger partial charge in [0, 0.05) is 42.9 Å². The van der Waals surface area contributed by atoms with E-state index in [4.69, 9.17) is 14.2 Å². The summed E-state index contributed by atoms with van der Waals surface area (Å²) >= 11 is 0. The Hall–Kier alpha value is -2.05.